The monoisotopic (exact) mass is 402 g/mol. The normalized spacial score (nSPS) is 20.5. The summed E-state index contributed by atoms with van der Waals surface area (Å²) in [5.74, 6) is -1.95. The number of rotatable bonds is 5. The second-order valence-corrected chi connectivity index (χ2v) is 7.49. The Bertz CT molecular complexity index is 827. The smallest absolute Gasteiger partial charge is 0.326 e. The lowest BCUT2D eigenvalue weighted by atomic mass is 9.97. The van der Waals surface area contributed by atoms with Gasteiger partial charge in [-0.05, 0) is 30.9 Å². The van der Waals surface area contributed by atoms with Gasteiger partial charge in [0.2, 0.25) is 11.8 Å². The summed E-state index contributed by atoms with van der Waals surface area (Å²) in [5, 5.41) is 14.9. The van der Waals surface area contributed by atoms with E-state index in [-0.39, 0.29) is 18.4 Å². The molecule has 0 aliphatic carbocycles. The number of carbonyl (C=O) groups excluding carboxylic acids is 3. The molecule has 156 valence electrons. The second-order valence-electron chi connectivity index (χ2n) is 7.49. The van der Waals surface area contributed by atoms with Gasteiger partial charge in [0.05, 0.1) is 11.4 Å². The molecule has 4 amide bonds. The number of hydrogen-bond donors (Lipinski definition) is 3. The van der Waals surface area contributed by atoms with Gasteiger partial charge in [0, 0.05) is 6.54 Å². The van der Waals surface area contributed by atoms with Crippen molar-refractivity contribution in [2.24, 2.45) is 5.92 Å². The highest BCUT2D eigenvalue weighted by molar-refractivity contribution is 6.10. The van der Waals surface area contributed by atoms with Crippen molar-refractivity contribution < 1.29 is 24.3 Å². The average Bonchev–Trinajstić information content (AvgIpc) is 3.20. The molecule has 9 nitrogen and oxygen atoms in total. The molecular formula is C20H26N4O5. The van der Waals surface area contributed by atoms with E-state index in [0.717, 1.165) is 0 Å². The van der Waals surface area contributed by atoms with E-state index in [0.29, 0.717) is 37.2 Å². The molecule has 0 saturated carbocycles. The van der Waals surface area contributed by atoms with Gasteiger partial charge in [-0.3, -0.25) is 14.5 Å². The number of benzene rings is 1. The number of urea groups is 1. The third-order valence-corrected chi connectivity index (χ3v) is 5.59. The molecule has 1 aromatic rings. The molecule has 9 heteroatoms. The molecule has 0 spiro atoms. The van der Waals surface area contributed by atoms with Gasteiger partial charge in [0.15, 0.2) is 0 Å². The summed E-state index contributed by atoms with van der Waals surface area (Å²) in [6, 6.07) is 4.64. The van der Waals surface area contributed by atoms with Crippen LogP contribution in [-0.2, 0) is 14.4 Å². The zero-order chi connectivity index (χ0) is 21.1. The molecule has 0 unspecified atom stereocenters. The number of carboxylic acids is 1. The van der Waals surface area contributed by atoms with Gasteiger partial charge in [0.25, 0.3) is 0 Å². The van der Waals surface area contributed by atoms with Crippen molar-refractivity contribution in [3.05, 3.63) is 24.3 Å². The van der Waals surface area contributed by atoms with Crippen molar-refractivity contribution >= 4 is 35.2 Å². The third-order valence-electron chi connectivity index (χ3n) is 5.59. The highest BCUT2D eigenvalue weighted by atomic mass is 16.4. The molecule has 1 aromatic carbocycles. The summed E-state index contributed by atoms with van der Waals surface area (Å²) in [6.45, 7) is 3.93. The van der Waals surface area contributed by atoms with Crippen LogP contribution < -0.4 is 15.5 Å². The van der Waals surface area contributed by atoms with Crippen LogP contribution in [0.25, 0.3) is 0 Å². The zero-order valence-corrected chi connectivity index (χ0v) is 16.6. The van der Waals surface area contributed by atoms with Crippen molar-refractivity contribution in [3.8, 4) is 0 Å². The predicted octanol–water partition coefficient (Wildman–Crippen LogP) is 1.65. The van der Waals surface area contributed by atoms with Gasteiger partial charge in [-0.2, -0.15) is 0 Å². The molecule has 2 aliphatic rings. The number of hydrogen-bond acceptors (Lipinski definition) is 4. The number of carbonyl (C=O) groups is 4. The van der Waals surface area contributed by atoms with Crippen molar-refractivity contribution in [1.29, 1.82) is 0 Å². The van der Waals surface area contributed by atoms with Crippen LogP contribution in [0.3, 0.4) is 0 Å². The van der Waals surface area contributed by atoms with Crippen molar-refractivity contribution in [2.75, 3.05) is 23.3 Å². The molecule has 29 heavy (non-hydrogen) atoms. The number of aliphatic carboxylic acids is 1. The van der Waals surface area contributed by atoms with E-state index < -0.39 is 30.0 Å². The summed E-state index contributed by atoms with van der Waals surface area (Å²) in [4.78, 5) is 52.3. The number of nitrogens with zero attached hydrogens (tertiary/aromatic N) is 2. The fraction of sp³-hybridized carbons (Fsp3) is 0.500. The van der Waals surface area contributed by atoms with Gasteiger partial charge >= 0.3 is 12.0 Å². The van der Waals surface area contributed by atoms with E-state index in [1.165, 1.54) is 9.80 Å². The Kier molecular flexibility index (Phi) is 6.05. The highest BCUT2D eigenvalue weighted by Gasteiger charge is 2.40. The molecule has 2 aliphatic heterocycles. The first-order valence-corrected chi connectivity index (χ1v) is 9.83. The molecule has 2 heterocycles. The summed E-state index contributed by atoms with van der Waals surface area (Å²) >= 11 is 0. The Morgan fingerprint density at radius 2 is 2.03 bits per heavy atom. The lowest BCUT2D eigenvalue weighted by Crippen LogP contribution is -2.57. The first-order chi connectivity index (χ1) is 13.8. The number of amides is 4. The van der Waals surface area contributed by atoms with Crippen LogP contribution in [0, 0.1) is 5.92 Å². The summed E-state index contributed by atoms with van der Waals surface area (Å²) in [5.41, 5.74) is 1.07. The lowest BCUT2D eigenvalue weighted by Gasteiger charge is -2.34. The summed E-state index contributed by atoms with van der Waals surface area (Å²) in [6.07, 6.45) is 1.64. The van der Waals surface area contributed by atoms with Crippen LogP contribution in [0.5, 0.6) is 0 Å². The maximum absolute atomic E-state index is 13.1. The Morgan fingerprint density at radius 3 is 2.72 bits per heavy atom. The molecular weight excluding hydrogens is 376 g/mol. The SMILES string of the molecule is CC[C@H](C)[C@H](NC(=O)N1CC(=O)Nc2ccccc21)C(=O)N1CCC[C@@H]1C(=O)O. The minimum atomic E-state index is -1.04. The van der Waals surface area contributed by atoms with Gasteiger partial charge in [0.1, 0.15) is 18.6 Å². The highest BCUT2D eigenvalue weighted by Crippen LogP contribution is 2.29. The van der Waals surface area contributed by atoms with E-state index in [4.69, 9.17) is 0 Å². The van der Waals surface area contributed by atoms with E-state index in [1.54, 1.807) is 24.3 Å². The maximum atomic E-state index is 13.1. The lowest BCUT2D eigenvalue weighted by molar-refractivity contribution is -0.149. The van der Waals surface area contributed by atoms with E-state index in [2.05, 4.69) is 10.6 Å². The Balaban J connectivity index is 1.82. The summed E-state index contributed by atoms with van der Waals surface area (Å²) < 4.78 is 0. The molecule has 3 rings (SSSR count). The maximum Gasteiger partial charge on any atom is 0.326 e. The number of para-hydroxylation sites is 2. The van der Waals surface area contributed by atoms with Gasteiger partial charge < -0.3 is 20.6 Å². The van der Waals surface area contributed by atoms with Crippen molar-refractivity contribution in [3.63, 3.8) is 0 Å². The average molecular weight is 402 g/mol. The fourth-order valence-electron chi connectivity index (χ4n) is 3.77. The van der Waals surface area contributed by atoms with Gasteiger partial charge in [-0.1, -0.05) is 32.4 Å². The molecule has 0 radical (unpaired) electrons. The van der Waals surface area contributed by atoms with Gasteiger partial charge in [-0.25, -0.2) is 9.59 Å². The second kappa shape index (κ2) is 8.50. The Labute approximate surface area is 169 Å². The molecule has 0 aromatic heterocycles. The largest absolute Gasteiger partial charge is 0.480 e. The van der Waals surface area contributed by atoms with Gasteiger partial charge in [-0.15, -0.1) is 0 Å². The van der Waals surface area contributed by atoms with Crippen LogP contribution in [0.2, 0.25) is 0 Å². The van der Waals surface area contributed by atoms with Crippen LogP contribution in [0.15, 0.2) is 24.3 Å². The fourth-order valence-corrected chi connectivity index (χ4v) is 3.77. The minimum absolute atomic E-state index is 0.161. The molecule has 1 saturated heterocycles. The molecule has 1 fully saturated rings. The van der Waals surface area contributed by atoms with Crippen LogP contribution >= 0.6 is 0 Å². The zero-order valence-electron chi connectivity index (χ0n) is 16.6. The minimum Gasteiger partial charge on any atom is -0.480 e. The molecule has 3 N–H and O–H groups in total. The van der Waals surface area contributed by atoms with Crippen molar-refractivity contribution in [1.82, 2.24) is 10.2 Å². The Morgan fingerprint density at radius 1 is 1.31 bits per heavy atom. The Hall–Kier alpha value is -3.10. The number of fused-ring (bicyclic) bond motifs is 1. The first kappa shape index (κ1) is 20.6. The topological polar surface area (TPSA) is 119 Å². The summed E-state index contributed by atoms with van der Waals surface area (Å²) in [7, 11) is 0. The van der Waals surface area contributed by atoms with Crippen LogP contribution in [-0.4, -0.2) is 59.0 Å². The van der Waals surface area contributed by atoms with Crippen molar-refractivity contribution in [2.45, 2.75) is 45.2 Å². The number of anilines is 2. The predicted molar refractivity (Wildman–Crippen MR) is 107 cm³/mol. The quantitative estimate of drug-likeness (QED) is 0.692. The van der Waals surface area contributed by atoms with E-state index in [1.807, 2.05) is 13.8 Å². The standard InChI is InChI=1S/C20H26N4O5/c1-3-12(2)17(18(26)23-10-6-9-15(23)19(27)28)22-20(29)24-11-16(25)21-13-7-4-5-8-14(13)24/h4-5,7-8,12,15,17H,3,6,9-11H2,1-2H3,(H,21,25)(H,22,29)(H,27,28)/t12-,15+,17-/m0/s1. The number of likely N-dealkylation sites (tertiary alicyclic amines) is 1. The third kappa shape index (κ3) is 4.18. The number of nitrogens with one attached hydrogen (secondary N) is 2. The first-order valence-electron chi connectivity index (χ1n) is 9.83. The van der Waals surface area contributed by atoms with Crippen LogP contribution in [0.1, 0.15) is 33.1 Å². The number of carboxylic acid groups (broad SMARTS) is 1. The molecule has 0 bridgehead atoms. The molecule has 3 atom stereocenters. The van der Waals surface area contributed by atoms with E-state index in [9.17, 15) is 24.3 Å². The van der Waals surface area contributed by atoms with Crippen LogP contribution in [0.4, 0.5) is 16.2 Å². The van der Waals surface area contributed by atoms with E-state index >= 15 is 0 Å².